The van der Waals surface area contributed by atoms with Gasteiger partial charge in [0.25, 0.3) is 0 Å². The molecule has 0 radical (unpaired) electrons. The average molecular weight is 457 g/mol. The van der Waals surface area contributed by atoms with Gasteiger partial charge in [-0.25, -0.2) is 0 Å². The Morgan fingerprint density at radius 2 is 1.77 bits per heavy atom. The Morgan fingerprint density at radius 1 is 1.10 bits per heavy atom. The highest BCUT2D eigenvalue weighted by molar-refractivity contribution is 6.40. The fraction of sp³-hybridized carbons (Fsp3) is 0.476. The summed E-state index contributed by atoms with van der Waals surface area (Å²) < 4.78 is 0. The molecule has 1 aliphatic rings. The maximum atomic E-state index is 11.8. The van der Waals surface area contributed by atoms with Crippen LogP contribution in [-0.2, 0) is 11.3 Å². The predicted molar refractivity (Wildman–Crippen MR) is 125 cm³/mol. The second-order valence-electron chi connectivity index (χ2n) is 7.96. The summed E-state index contributed by atoms with van der Waals surface area (Å²) in [6.45, 7) is 0.748. The molecule has 6 nitrogen and oxygen atoms in total. The molecule has 166 valence electrons. The van der Waals surface area contributed by atoms with Crippen molar-refractivity contribution < 1.29 is 19.9 Å². The van der Waals surface area contributed by atoms with Crippen molar-refractivity contribution in [3.63, 3.8) is 0 Å². The number of aliphatic carboxylic acids is 1. The summed E-state index contributed by atoms with van der Waals surface area (Å²) in [5.74, 6) is -1.02. The van der Waals surface area contributed by atoms with Crippen molar-refractivity contribution in [3.8, 4) is 0 Å². The van der Waals surface area contributed by atoms with E-state index in [0.717, 1.165) is 19.4 Å². The van der Waals surface area contributed by atoms with Gasteiger partial charge in [-0.2, -0.15) is 0 Å². The van der Waals surface area contributed by atoms with Gasteiger partial charge in [-0.3, -0.25) is 4.79 Å². The van der Waals surface area contributed by atoms with Gasteiger partial charge in [0.2, 0.25) is 0 Å². The lowest BCUT2D eigenvalue weighted by Crippen LogP contribution is -2.61. The molecule has 0 saturated heterocycles. The van der Waals surface area contributed by atoms with Crippen LogP contribution < -0.4 is 11.1 Å². The van der Waals surface area contributed by atoms with Gasteiger partial charge >= 0.3 is 13.1 Å². The Hall–Kier alpha value is -1.35. The first-order valence-corrected chi connectivity index (χ1v) is 9.98. The number of carbonyl (C=O) groups is 1. The number of carboxylic acids is 1. The van der Waals surface area contributed by atoms with Crippen LogP contribution in [0.5, 0.6) is 0 Å². The van der Waals surface area contributed by atoms with Crippen molar-refractivity contribution in [2.24, 2.45) is 11.7 Å². The highest BCUT2D eigenvalue weighted by Crippen LogP contribution is 2.38. The van der Waals surface area contributed by atoms with Crippen molar-refractivity contribution >= 4 is 48.7 Å². The van der Waals surface area contributed by atoms with Crippen LogP contribution in [0.3, 0.4) is 0 Å². The standard InChI is InChI=1S/C21H29BN2O4.2ClH/c23-21(20(25)26,10-3-4-11-22(27)28)17-12-18(13-17)24-14-16-8-5-7-15-6-1-2-9-19(15)16;;/h1-2,5-9,17-18,24,27-28H,3-4,10-14,23H2,(H,25,26);2*1H. The number of hydrogen-bond acceptors (Lipinski definition) is 5. The van der Waals surface area contributed by atoms with E-state index in [1.165, 1.54) is 16.3 Å². The number of carboxylic acid groups (broad SMARTS) is 1. The highest BCUT2D eigenvalue weighted by Gasteiger charge is 2.48. The van der Waals surface area contributed by atoms with E-state index >= 15 is 0 Å². The Bertz CT molecular complexity index is 815. The smallest absolute Gasteiger partial charge is 0.451 e. The first kappa shape index (κ1) is 26.7. The van der Waals surface area contributed by atoms with Crippen LogP contribution in [0.15, 0.2) is 42.5 Å². The van der Waals surface area contributed by atoms with Crippen molar-refractivity contribution in [3.05, 3.63) is 48.0 Å². The Kier molecular flexibility index (Phi) is 10.6. The van der Waals surface area contributed by atoms with Crippen LogP contribution in [0, 0.1) is 5.92 Å². The maximum absolute atomic E-state index is 11.8. The van der Waals surface area contributed by atoms with Crippen molar-refractivity contribution in [2.75, 3.05) is 0 Å². The molecule has 0 bridgehead atoms. The molecular weight excluding hydrogens is 426 g/mol. The molecule has 0 aliphatic heterocycles. The van der Waals surface area contributed by atoms with Crippen LogP contribution in [0.1, 0.15) is 37.7 Å². The van der Waals surface area contributed by atoms with Gasteiger partial charge in [0.15, 0.2) is 0 Å². The Morgan fingerprint density at radius 3 is 2.43 bits per heavy atom. The van der Waals surface area contributed by atoms with E-state index in [-0.39, 0.29) is 43.1 Å². The van der Waals surface area contributed by atoms with Crippen LogP contribution in [0.25, 0.3) is 10.8 Å². The average Bonchev–Trinajstić information content (AvgIpc) is 2.63. The van der Waals surface area contributed by atoms with Gasteiger partial charge in [0, 0.05) is 12.6 Å². The van der Waals surface area contributed by atoms with Crippen LogP contribution in [0.4, 0.5) is 0 Å². The van der Waals surface area contributed by atoms with Crippen molar-refractivity contribution in [1.82, 2.24) is 5.32 Å². The molecule has 30 heavy (non-hydrogen) atoms. The van der Waals surface area contributed by atoms with Gasteiger partial charge in [0.1, 0.15) is 5.54 Å². The zero-order chi connectivity index (χ0) is 20.1. The number of nitrogens with two attached hydrogens (primary N) is 1. The van der Waals surface area contributed by atoms with E-state index < -0.39 is 18.6 Å². The molecule has 0 heterocycles. The zero-order valence-corrected chi connectivity index (χ0v) is 18.5. The minimum atomic E-state index is -1.34. The first-order valence-electron chi connectivity index (χ1n) is 9.98. The second-order valence-corrected chi connectivity index (χ2v) is 7.96. The molecule has 3 rings (SSSR count). The van der Waals surface area contributed by atoms with E-state index in [9.17, 15) is 9.90 Å². The lowest BCUT2D eigenvalue weighted by atomic mass is 9.66. The minimum absolute atomic E-state index is 0. The van der Waals surface area contributed by atoms with Crippen molar-refractivity contribution in [1.29, 1.82) is 0 Å². The lowest BCUT2D eigenvalue weighted by Gasteiger charge is -2.45. The summed E-state index contributed by atoms with van der Waals surface area (Å²) in [4.78, 5) is 11.8. The molecule has 1 atom stereocenters. The number of fused-ring (bicyclic) bond motifs is 1. The van der Waals surface area contributed by atoms with E-state index in [1.807, 2.05) is 12.1 Å². The topological polar surface area (TPSA) is 116 Å². The zero-order valence-electron chi connectivity index (χ0n) is 16.9. The van der Waals surface area contributed by atoms with Crippen molar-refractivity contribution in [2.45, 2.75) is 56.5 Å². The number of benzene rings is 2. The SMILES string of the molecule is Cl.Cl.NC(CCCCB(O)O)(C(=O)O)C1CC(NCc2cccc3ccccc23)C1. The molecule has 9 heteroatoms. The largest absolute Gasteiger partial charge is 0.480 e. The normalized spacial score (nSPS) is 19.7. The summed E-state index contributed by atoms with van der Waals surface area (Å²) in [5.41, 5.74) is 6.25. The predicted octanol–water partition coefficient (Wildman–Crippen LogP) is 2.98. The van der Waals surface area contributed by atoms with E-state index in [4.69, 9.17) is 15.8 Å². The molecule has 1 fully saturated rings. The van der Waals surface area contributed by atoms with E-state index in [0.29, 0.717) is 19.3 Å². The molecule has 2 aromatic carbocycles. The summed E-state index contributed by atoms with van der Waals surface area (Å²) >= 11 is 0. The van der Waals surface area contributed by atoms with E-state index in [1.54, 1.807) is 0 Å². The summed E-state index contributed by atoms with van der Waals surface area (Å²) in [5, 5.41) is 33.5. The third-order valence-electron chi connectivity index (χ3n) is 6.03. The fourth-order valence-electron chi connectivity index (χ4n) is 4.14. The Labute approximate surface area is 190 Å². The molecule has 0 aromatic heterocycles. The molecule has 0 amide bonds. The molecule has 0 spiro atoms. The molecule has 1 unspecified atom stereocenters. The Balaban J connectivity index is 0.00000225. The maximum Gasteiger partial charge on any atom is 0.451 e. The fourth-order valence-corrected chi connectivity index (χ4v) is 4.14. The molecule has 1 saturated carbocycles. The highest BCUT2D eigenvalue weighted by atomic mass is 35.5. The number of unbranched alkanes of at least 4 members (excludes halogenated alkanes) is 1. The molecule has 1 aliphatic carbocycles. The second kappa shape index (κ2) is 11.9. The number of halogens is 2. The van der Waals surface area contributed by atoms with Gasteiger partial charge in [-0.05, 0) is 47.8 Å². The number of nitrogens with one attached hydrogen (secondary N) is 1. The van der Waals surface area contributed by atoms with Crippen LogP contribution >= 0.6 is 24.8 Å². The van der Waals surface area contributed by atoms with Gasteiger partial charge < -0.3 is 26.2 Å². The summed E-state index contributed by atoms with van der Waals surface area (Å²) in [6, 6.07) is 14.8. The lowest BCUT2D eigenvalue weighted by molar-refractivity contribution is -0.148. The minimum Gasteiger partial charge on any atom is -0.480 e. The molecular formula is C21H31BCl2N2O4. The van der Waals surface area contributed by atoms with Crippen LogP contribution in [-0.4, -0.2) is 39.8 Å². The van der Waals surface area contributed by atoms with Gasteiger partial charge in [0.05, 0.1) is 0 Å². The third-order valence-corrected chi connectivity index (χ3v) is 6.03. The first-order chi connectivity index (χ1) is 13.4. The number of rotatable bonds is 10. The molecule has 6 N–H and O–H groups in total. The van der Waals surface area contributed by atoms with Gasteiger partial charge in [-0.15, -0.1) is 24.8 Å². The van der Waals surface area contributed by atoms with Gasteiger partial charge in [-0.1, -0.05) is 55.3 Å². The molecule has 2 aromatic rings. The number of hydrogen-bond donors (Lipinski definition) is 5. The van der Waals surface area contributed by atoms with Crippen LogP contribution in [0.2, 0.25) is 6.32 Å². The summed E-state index contributed by atoms with van der Waals surface area (Å²) in [6.07, 6.45) is 3.22. The monoisotopic (exact) mass is 456 g/mol. The third kappa shape index (κ3) is 6.33. The summed E-state index contributed by atoms with van der Waals surface area (Å²) in [7, 11) is -1.34. The quantitative estimate of drug-likeness (QED) is 0.277. The van der Waals surface area contributed by atoms with E-state index in [2.05, 4.69) is 35.6 Å².